The summed E-state index contributed by atoms with van der Waals surface area (Å²) in [6.45, 7) is 1.22. The smallest absolute Gasteiger partial charge is 0.269 e. The van der Waals surface area contributed by atoms with Crippen LogP contribution in [0.5, 0.6) is 11.6 Å². The molecule has 0 aliphatic carbocycles. The minimum atomic E-state index is -0.725. The van der Waals surface area contributed by atoms with Crippen LogP contribution in [0.25, 0.3) is 0 Å². The van der Waals surface area contributed by atoms with Gasteiger partial charge < -0.3 is 19.9 Å². The normalized spacial score (nSPS) is 11.8. The largest absolute Gasteiger partial charge is 0.492 e. The minimum absolute atomic E-state index is 0.0129. The highest BCUT2D eigenvalue weighted by Crippen LogP contribution is 2.16. The molecule has 25 heavy (non-hydrogen) atoms. The molecule has 0 fully saturated rings. The number of benzene rings is 1. The van der Waals surface area contributed by atoms with Crippen molar-refractivity contribution in [3.8, 4) is 11.6 Å². The van der Waals surface area contributed by atoms with Gasteiger partial charge in [-0.1, -0.05) is 11.6 Å². The van der Waals surface area contributed by atoms with Crippen LogP contribution in [0, 0.1) is 10.1 Å². The zero-order valence-corrected chi connectivity index (χ0v) is 13.9. The summed E-state index contributed by atoms with van der Waals surface area (Å²) in [5.41, 5.74) is 0.0129. The summed E-state index contributed by atoms with van der Waals surface area (Å²) in [6, 6.07) is 8.94. The summed E-state index contributed by atoms with van der Waals surface area (Å²) >= 11 is 5.61. The average molecular weight is 369 g/mol. The molecule has 0 spiro atoms. The summed E-state index contributed by atoms with van der Waals surface area (Å²) in [5, 5.41) is 31.0. The van der Waals surface area contributed by atoms with Crippen molar-refractivity contribution in [3.05, 3.63) is 51.7 Å². The van der Waals surface area contributed by atoms with Crippen LogP contribution < -0.4 is 14.8 Å². The Labute approximate surface area is 148 Å². The quantitative estimate of drug-likeness (QED) is 0.367. The molecule has 0 aliphatic heterocycles. The average Bonchev–Trinajstić information content (AvgIpc) is 2.61. The third kappa shape index (κ3) is 6.87. The Bertz CT molecular complexity index is 669. The second kappa shape index (κ2) is 9.72. The van der Waals surface area contributed by atoms with Gasteiger partial charge in [0.2, 0.25) is 5.88 Å². The lowest BCUT2D eigenvalue weighted by Crippen LogP contribution is -2.33. The molecule has 1 aromatic carbocycles. The van der Waals surface area contributed by atoms with E-state index in [9.17, 15) is 15.2 Å². The third-order valence-electron chi connectivity index (χ3n) is 3.01. The first-order valence-electron chi connectivity index (χ1n) is 7.42. The number of nitrogens with one attached hydrogen (secondary N) is 1. The molecule has 0 radical (unpaired) electrons. The molecule has 0 saturated carbocycles. The monoisotopic (exact) mass is 368 g/mol. The summed E-state index contributed by atoms with van der Waals surface area (Å²) in [4.78, 5) is 10.1. The van der Waals surface area contributed by atoms with Gasteiger partial charge in [-0.2, -0.15) is 0 Å². The number of nitrogens with zero attached hydrogens (tertiary/aromatic N) is 3. The van der Waals surface area contributed by atoms with E-state index in [1.165, 1.54) is 24.3 Å². The minimum Gasteiger partial charge on any atom is -0.492 e. The SMILES string of the molecule is O=[N+]([O-])c1ccc(OCCNCC(O)COc2ccc(Cl)nn2)cc1. The Morgan fingerprint density at radius 2 is 1.96 bits per heavy atom. The van der Waals surface area contributed by atoms with Gasteiger partial charge in [-0.3, -0.25) is 10.1 Å². The number of aromatic nitrogens is 2. The molecule has 1 unspecified atom stereocenters. The highest BCUT2D eigenvalue weighted by Gasteiger charge is 2.07. The number of ether oxygens (including phenoxy) is 2. The molecule has 2 aromatic rings. The zero-order valence-electron chi connectivity index (χ0n) is 13.2. The van der Waals surface area contributed by atoms with E-state index in [0.717, 1.165) is 0 Å². The van der Waals surface area contributed by atoms with E-state index in [2.05, 4.69) is 15.5 Å². The number of aliphatic hydroxyl groups excluding tert-OH is 1. The maximum absolute atomic E-state index is 10.5. The van der Waals surface area contributed by atoms with Crippen LogP contribution in [-0.2, 0) is 0 Å². The van der Waals surface area contributed by atoms with E-state index in [1.54, 1.807) is 12.1 Å². The van der Waals surface area contributed by atoms with Gasteiger partial charge in [-0.15, -0.1) is 10.2 Å². The van der Waals surface area contributed by atoms with Crippen molar-refractivity contribution in [2.45, 2.75) is 6.10 Å². The highest BCUT2D eigenvalue weighted by molar-refractivity contribution is 6.29. The Morgan fingerprint density at radius 3 is 2.60 bits per heavy atom. The standard InChI is InChI=1S/C15H17ClN4O5/c16-14-5-6-15(19-18-14)25-10-12(21)9-17-7-8-24-13-3-1-11(2-4-13)20(22)23/h1-6,12,17,21H,7-10H2. The summed E-state index contributed by atoms with van der Waals surface area (Å²) in [6.07, 6.45) is -0.725. The topological polar surface area (TPSA) is 120 Å². The predicted octanol–water partition coefficient (Wildman–Crippen LogP) is 1.45. The lowest BCUT2D eigenvalue weighted by Gasteiger charge is -2.13. The molecular weight excluding hydrogens is 352 g/mol. The molecule has 0 bridgehead atoms. The summed E-state index contributed by atoms with van der Waals surface area (Å²) in [7, 11) is 0. The first-order chi connectivity index (χ1) is 12.0. The van der Waals surface area contributed by atoms with Crippen LogP contribution in [-0.4, -0.2) is 52.6 Å². The van der Waals surface area contributed by atoms with E-state index >= 15 is 0 Å². The van der Waals surface area contributed by atoms with E-state index in [1.807, 2.05) is 0 Å². The second-order valence-corrected chi connectivity index (χ2v) is 5.35. The molecule has 1 heterocycles. The fourth-order valence-corrected chi connectivity index (χ4v) is 1.90. The Balaban J connectivity index is 1.57. The zero-order chi connectivity index (χ0) is 18.1. The number of hydrogen-bond acceptors (Lipinski definition) is 8. The van der Waals surface area contributed by atoms with Gasteiger partial charge in [-0.25, -0.2) is 0 Å². The highest BCUT2D eigenvalue weighted by atomic mass is 35.5. The number of halogens is 1. The van der Waals surface area contributed by atoms with Crippen molar-refractivity contribution in [3.63, 3.8) is 0 Å². The van der Waals surface area contributed by atoms with Crippen molar-refractivity contribution < 1.29 is 19.5 Å². The number of hydrogen-bond donors (Lipinski definition) is 2. The van der Waals surface area contributed by atoms with Crippen molar-refractivity contribution in [1.82, 2.24) is 15.5 Å². The van der Waals surface area contributed by atoms with E-state index < -0.39 is 11.0 Å². The first-order valence-corrected chi connectivity index (χ1v) is 7.80. The van der Waals surface area contributed by atoms with Crippen LogP contribution >= 0.6 is 11.6 Å². The van der Waals surface area contributed by atoms with E-state index in [0.29, 0.717) is 25.4 Å². The molecular formula is C15H17ClN4O5. The number of non-ortho nitro benzene ring substituents is 1. The van der Waals surface area contributed by atoms with Crippen LogP contribution in [0.2, 0.25) is 5.15 Å². The summed E-state index contributed by atoms with van der Waals surface area (Å²) < 4.78 is 10.7. The Hall–Kier alpha value is -2.49. The molecule has 1 atom stereocenters. The number of aliphatic hydroxyl groups is 1. The number of rotatable bonds is 10. The van der Waals surface area contributed by atoms with Gasteiger partial charge in [0.05, 0.1) is 4.92 Å². The van der Waals surface area contributed by atoms with Gasteiger partial charge in [-0.05, 0) is 18.2 Å². The van der Waals surface area contributed by atoms with Crippen molar-refractivity contribution in [2.75, 3.05) is 26.3 Å². The fourth-order valence-electron chi connectivity index (χ4n) is 1.80. The van der Waals surface area contributed by atoms with Gasteiger partial charge in [0.25, 0.3) is 5.69 Å². The first kappa shape index (κ1) is 18.8. The molecule has 0 aliphatic rings. The molecule has 2 N–H and O–H groups in total. The van der Waals surface area contributed by atoms with Gasteiger partial charge in [0, 0.05) is 31.3 Å². The van der Waals surface area contributed by atoms with Gasteiger partial charge in [0.1, 0.15) is 25.1 Å². The molecule has 9 nitrogen and oxygen atoms in total. The Morgan fingerprint density at radius 1 is 1.20 bits per heavy atom. The van der Waals surface area contributed by atoms with Crippen LogP contribution in [0.4, 0.5) is 5.69 Å². The number of nitro groups is 1. The molecule has 2 rings (SSSR count). The predicted molar refractivity (Wildman–Crippen MR) is 90.0 cm³/mol. The van der Waals surface area contributed by atoms with Gasteiger partial charge in [0.15, 0.2) is 5.15 Å². The van der Waals surface area contributed by atoms with Gasteiger partial charge >= 0.3 is 0 Å². The lowest BCUT2D eigenvalue weighted by atomic mass is 10.3. The maximum atomic E-state index is 10.5. The molecule has 1 aromatic heterocycles. The number of nitro benzene ring substituents is 1. The molecule has 0 amide bonds. The second-order valence-electron chi connectivity index (χ2n) is 4.96. The molecule has 0 saturated heterocycles. The third-order valence-corrected chi connectivity index (χ3v) is 3.21. The summed E-state index contributed by atoms with van der Waals surface area (Å²) in [5.74, 6) is 0.822. The molecule has 10 heteroatoms. The van der Waals surface area contributed by atoms with Crippen molar-refractivity contribution in [2.24, 2.45) is 0 Å². The fraction of sp³-hybridized carbons (Fsp3) is 0.333. The van der Waals surface area contributed by atoms with Crippen molar-refractivity contribution >= 4 is 17.3 Å². The van der Waals surface area contributed by atoms with Crippen LogP contribution in [0.3, 0.4) is 0 Å². The lowest BCUT2D eigenvalue weighted by molar-refractivity contribution is -0.384. The van der Waals surface area contributed by atoms with E-state index in [-0.39, 0.29) is 23.3 Å². The Kier molecular flexibility index (Phi) is 7.33. The molecule has 134 valence electrons. The maximum Gasteiger partial charge on any atom is 0.269 e. The van der Waals surface area contributed by atoms with Crippen LogP contribution in [0.1, 0.15) is 0 Å². The van der Waals surface area contributed by atoms with Crippen LogP contribution in [0.15, 0.2) is 36.4 Å². The van der Waals surface area contributed by atoms with E-state index in [4.69, 9.17) is 21.1 Å². The van der Waals surface area contributed by atoms with Crippen molar-refractivity contribution in [1.29, 1.82) is 0 Å².